The number of carbonyl (C=O) groups is 1. The molecule has 1 aliphatic heterocycles. The lowest BCUT2D eigenvalue weighted by Gasteiger charge is -2.17. The van der Waals surface area contributed by atoms with Crippen molar-refractivity contribution < 1.29 is 4.79 Å². The van der Waals surface area contributed by atoms with Gasteiger partial charge < -0.3 is 5.32 Å². The van der Waals surface area contributed by atoms with Gasteiger partial charge in [0.1, 0.15) is 5.01 Å². The Morgan fingerprint density at radius 1 is 1.24 bits per heavy atom. The van der Waals surface area contributed by atoms with Crippen molar-refractivity contribution in [3.63, 3.8) is 0 Å². The van der Waals surface area contributed by atoms with Crippen LogP contribution >= 0.6 is 35.1 Å². The molecule has 5 nitrogen and oxygen atoms in total. The van der Waals surface area contributed by atoms with Crippen LogP contribution in [0.1, 0.15) is 32.1 Å². The number of benzene rings is 1. The van der Waals surface area contributed by atoms with Crippen LogP contribution in [-0.2, 0) is 19.4 Å². The summed E-state index contributed by atoms with van der Waals surface area (Å²) in [4.78, 5) is 12.4. The number of anilines is 1. The van der Waals surface area contributed by atoms with Crippen LogP contribution in [0.25, 0.3) is 0 Å². The molecule has 2 N–H and O–H groups in total. The van der Waals surface area contributed by atoms with Gasteiger partial charge in [-0.25, -0.2) is 0 Å². The summed E-state index contributed by atoms with van der Waals surface area (Å²) in [6.45, 7) is 1.83. The Labute approximate surface area is 159 Å². The van der Waals surface area contributed by atoms with E-state index in [0.29, 0.717) is 10.7 Å². The molecular formula is C17H17ClN4OS2. The zero-order valence-electron chi connectivity index (χ0n) is 13.3. The van der Waals surface area contributed by atoms with Crippen LogP contribution in [-0.4, -0.2) is 22.6 Å². The number of hydrogen-bond donors (Lipinski definition) is 2. The lowest BCUT2D eigenvalue weighted by atomic mass is 9.98. The second-order valence-electron chi connectivity index (χ2n) is 5.67. The molecule has 25 heavy (non-hydrogen) atoms. The van der Waals surface area contributed by atoms with Gasteiger partial charge in [-0.15, -0.1) is 22.6 Å². The fourth-order valence-corrected chi connectivity index (χ4v) is 4.17. The molecule has 1 amide bonds. The van der Waals surface area contributed by atoms with Gasteiger partial charge >= 0.3 is 0 Å². The van der Waals surface area contributed by atoms with Crippen LogP contribution in [0.5, 0.6) is 0 Å². The minimum atomic E-state index is -0.130. The first-order chi connectivity index (χ1) is 11.8. The molecule has 130 valence electrons. The third kappa shape index (κ3) is 4.24. The van der Waals surface area contributed by atoms with Gasteiger partial charge in [0.15, 0.2) is 0 Å². The summed E-state index contributed by atoms with van der Waals surface area (Å²) >= 11 is 3.09. The van der Waals surface area contributed by atoms with E-state index in [1.54, 1.807) is 11.3 Å². The van der Waals surface area contributed by atoms with Gasteiger partial charge in [-0.3, -0.25) is 10.1 Å². The van der Waals surface area contributed by atoms with Gasteiger partial charge in [-0.2, -0.15) is 11.3 Å². The van der Waals surface area contributed by atoms with Crippen LogP contribution in [0.3, 0.4) is 0 Å². The third-order valence-electron chi connectivity index (χ3n) is 3.98. The summed E-state index contributed by atoms with van der Waals surface area (Å²) in [5.74, 6) is -0.130. The maximum atomic E-state index is 12.4. The van der Waals surface area contributed by atoms with E-state index in [1.807, 2.05) is 23.6 Å². The van der Waals surface area contributed by atoms with E-state index in [4.69, 9.17) is 0 Å². The number of carbonyl (C=O) groups excluding carboxylic acids is 1. The molecule has 0 saturated carbocycles. The van der Waals surface area contributed by atoms with Crippen LogP contribution < -0.4 is 10.6 Å². The number of halogens is 1. The highest BCUT2D eigenvalue weighted by Gasteiger charge is 2.14. The second kappa shape index (κ2) is 8.05. The molecule has 0 unspecified atom stereocenters. The van der Waals surface area contributed by atoms with Crippen molar-refractivity contribution in [3.8, 4) is 0 Å². The summed E-state index contributed by atoms with van der Waals surface area (Å²) < 4.78 is 0. The smallest absolute Gasteiger partial charge is 0.257 e. The van der Waals surface area contributed by atoms with E-state index in [2.05, 4.69) is 32.3 Å². The fourth-order valence-electron chi connectivity index (χ4n) is 2.73. The molecule has 3 aromatic rings. The zero-order valence-corrected chi connectivity index (χ0v) is 15.8. The lowest BCUT2D eigenvalue weighted by Crippen LogP contribution is -2.24. The first-order valence-corrected chi connectivity index (χ1v) is 9.51. The average Bonchev–Trinajstić information content (AvgIpc) is 3.27. The van der Waals surface area contributed by atoms with E-state index in [0.717, 1.165) is 30.9 Å². The van der Waals surface area contributed by atoms with Crippen LogP contribution in [0.2, 0.25) is 0 Å². The fraction of sp³-hybridized carbons (Fsp3) is 0.235. The molecule has 3 heterocycles. The van der Waals surface area contributed by atoms with E-state index in [1.165, 1.54) is 28.0 Å². The van der Waals surface area contributed by atoms with Crippen molar-refractivity contribution in [2.24, 2.45) is 0 Å². The molecule has 0 fully saturated rings. The predicted molar refractivity (Wildman–Crippen MR) is 104 cm³/mol. The maximum absolute atomic E-state index is 12.4. The number of nitrogens with one attached hydrogen (secondary N) is 2. The summed E-state index contributed by atoms with van der Waals surface area (Å²) in [5, 5.41) is 20.0. The molecule has 0 atom stereocenters. The average molecular weight is 393 g/mol. The van der Waals surface area contributed by atoms with E-state index in [-0.39, 0.29) is 18.3 Å². The molecule has 0 spiro atoms. The Balaban J connectivity index is 0.00000182. The SMILES string of the molecule is Cl.O=C(Nc1nnc(Cc2ccsc2)s1)c1ccc2c(c1)CCNC2. The van der Waals surface area contributed by atoms with E-state index >= 15 is 0 Å². The number of hydrogen-bond acceptors (Lipinski definition) is 6. The summed E-state index contributed by atoms with van der Waals surface area (Å²) in [6, 6.07) is 7.96. The Morgan fingerprint density at radius 3 is 3.00 bits per heavy atom. The van der Waals surface area contributed by atoms with Gasteiger partial charge in [0, 0.05) is 18.5 Å². The van der Waals surface area contributed by atoms with Gasteiger partial charge in [-0.05, 0) is 58.6 Å². The highest BCUT2D eigenvalue weighted by molar-refractivity contribution is 7.15. The highest BCUT2D eigenvalue weighted by Crippen LogP contribution is 2.21. The van der Waals surface area contributed by atoms with Crippen molar-refractivity contribution in [2.75, 3.05) is 11.9 Å². The van der Waals surface area contributed by atoms with Crippen molar-refractivity contribution in [1.29, 1.82) is 0 Å². The monoisotopic (exact) mass is 392 g/mol. The minimum Gasteiger partial charge on any atom is -0.312 e. The Bertz CT molecular complexity index is 863. The van der Waals surface area contributed by atoms with Crippen molar-refractivity contribution >= 4 is 46.1 Å². The van der Waals surface area contributed by atoms with Gasteiger partial charge in [0.25, 0.3) is 5.91 Å². The standard InChI is InChI=1S/C17H16N4OS2.ClH/c22-16(13-1-2-14-9-18-5-3-12(14)8-13)19-17-21-20-15(24-17)7-11-4-6-23-10-11;/h1-2,4,6,8,10,18H,3,5,7,9H2,(H,19,21,22);1H. The third-order valence-corrected chi connectivity index (χ3v) is 5.55. The molecular weight excluding hydrogens is 376 g/mol. The van der Waals surface area contributed by atoms with Crippen LogP contribution in [0.4, 0.5) is 5.13 Å². The number of thiophene rings is 1. The highest BCUT2D eigenvalue weighted by atomic mass is 35.5. The molecule has 1 aromatic carbocycles. The van der Waals surface area contributed by atoms with Crippen molar-refractivity contribution in [1.82, 2.24) is 15.5 Å². The molecule has 0 radical (unpaired) electrons. The van der Waals surface area contributed by atoms with Crippen molar-refractivity contribution in [3.05, 3.63) is 62.3 Å². The molecule has 0 aliphatic carbocycles. The second-order valence-corrected chi connectivity index (χ2v) is 7.52. The quantitative estimate of drug-likeness (QED) is 0.713. The predicted octanol–water partition coefficient (Wildman–Crippen LogP) is 3.51. The number of rotatable bonds is 4. The summed E-state index contributed by atoms with van der Waals surface area (Å²) in [6.07, 6.45) is 1.71. The molecule has 0 bridgehead atoms. The van der Waals surface area contributed by atoms with Crippen LogP contribution in [0.15, 0.2) is 35.0 Å². The van der Waals surface area contributed by atoms with E-state index < -0.39 is 0 Å². The first kappa shape index (κ1) is 18.0. The Kier molecular flexibility index (Phi) is 5.80. The Morgan fingerprint density at radius 2 is 2.16 bits per heavy atom. The van der Waals surface area contributed by atoms with Gasteiger partial charge in [0.2, 0.25) is 5.13 Å². The molecule has 8 heteroatoms. The number of aromatic nitrogens is 2. The largest absolute Gasteiger partial charge is 0.312 e. The maximum Gasteiger partial charge on any atom is 0.257 e. The Hall–Kier alpha value is -1.80. The number of fused-ring (bicyclic) bond motifs is 1. The minimum absolute atomic E-state index is 0. The zero-order chi connectivity index (χ0) is 16.4. The molecule has 1 aliphatic rings. The van der Waals surface area contributed by atoms with Gasteiger partial charge in [0.05, 0.1) is 0 Å². The van der Waals surface area contributed by atoms with Crippen LogP contribution in [0, 0.1) is 0 Å². The normalized spacial score (nSPS) is 13.0. The molecule has 0 saturated heterocycles. The number of nitrogens with zero attached hydrogens (tertiary/aromatic N) is 2. The first-order valence-electron chi connectivity index (χ1n) is 7.75. The summed E-state index contributed by atoms with van der Waals surface area (Å²) in [7, 11) is 0. The van der Waals surface area contributed by atoms with Gasteiger partial charge in [-0.1, -0.05) is 17.4 Å². The molecule has 2 aromatic heterocycles. The topological polar surface area (TPSA) is 66.9 Å². The summed E-state index contributed by atoms with van der Waals surface area (Å²) in [5.41, 5.74) is 4.41. The van der Waals surface area contributed by atoms with E-state index in [9.17, 15) is 4.79 Å². The van der Waals surface area contributed by atoms with Crippen molar-refractivity contribution in [2.45, 2.75) is 19.4 Å². The lowest BCUT2D eigenvalue weighted by molar-refractivity contribution is 0.102. The molecule has 4 rings (SSSR count). The number of amides is 1.